The van der Waals surface area contributed by atoms with Crippen LogP contribution in [0.5, 0.6) is 0 Å². The van der Waals surface area contributed by atoms with Crippen LogP contribution in [0.2, 0.25) is 0 Å². The first-order valence-electron chi connectivity index (χ1n) is 13.9. The third kappa shape index (κ3) is 5.95. The molecule has 0 unspecified atom stereocenters. The number of aliphatic hydroxyl groups is 2. The lowest BCUT2D eigenvalue weighted by atomic mass is 9.82. The van der Waals surface area contributed by atoms with Gasteiger partial charge < -0.3 is 26.2 Å². The summed E-state index contributed by atoms with van der Waals surface area (Å²) in [6.07, 6.45) is 6.59. The van der Waals surface area contributed by atoms with E-state index in [0.29, 0.717) is 54.1 Å². The number of aromatic nitrogens is 3. The molecule has 10 nitrogen and oxygen atoms in total. The molecule has 4 aromatic rings. The highest BCUT2D eigenvalue weighted by atomic mass is 16.3. The molecule has 0 fully saturated rings. The molecule has 0 saturated heterocycles. The van der Waals surface area contributed by atoms with Crippen molar-refractivity contribution in [3.8, 4) is 0 Å². The van der Waals surface area contributed by atoms with E-state index in [1.165, 1.54) is 0 Å². The van der Waals surface area contributed by atoms with Crippen LogP contribution in [0.4, 0.5) is 17.1 Å². The zero-order chi connectivity index (χ0) is 29.7. The first-order chi connectivity index (χ1) is 20.3. The minimum absolute atomic E-state index is 0.0122. The Kier molecular flexibility index (Phi) is 8.46. The van der Waals surface area contributed by atoms with E-state index >= 15 is 0 Å². The molecule has 1 aliphatic rings. The maximum atomic E-state index is 13.9. The Labute approximate surface area is 244 Å². The number of rotatable bonds is 11. The number of nitrogens with zero attached hydrogens (tertiary/aromatic N) is 4. The van der Waals surface area contributed by atoms with Gasteiger partial charge in [0.15, 0.2) is 5.60 Å². The van der Waals surface area contributed by atoms with E-state index in [4.69, 9.17) is 10.8 Å². The molecule has 3 aromatic carbocycles. The van der Waals surface area contributed by atoms with Gasteiger partial charge in [-0.25, -0.2) is 0 Å². The predicted octanol–water partition coefficient (Wildman–Crippen LogP) is 3.66. The Bertz CT molecular complexity index is 1580. The zero-order valence-corrected chi connectivity index (χ0v) is 23.4. The van der Waals surface area contributed by atoms with Crippen molar-refractivity contribution in [2.24, 2.45) is 5.92 Å². The maximum absolute atomic E-state index is 13.9. The monoisotopic (exact) mass is 566 g/mol. The molecule has 1 aliphatic heterocycles. The van der Waals surface area contributed by atoms with E-state index in [1.54, 1.807) is 65.2 Å². The van der Waals surface area contributed by atoms with Gasteiger partial charge in [0.1, 0.15) is 0 Å². The third-order valence-corrected chi connectivity index (χ3v) is 7.45. The summed E-state index contributed by atoms with van der Waals surface area (Å²) in [5.41, 5.74) is 8.03. The molecule has 2 atom stereocenters. The Morgan fingerprint density at radius 3 is 2.62 bits per heavy atom. The van der Waals surface area contributed by atoms with Crippen molar-refractivity contribution < 1.29 is 19.8 Å². The van der Waals surface area contributed by atoms with Crippen molar-refractivity contribution in [1.82, 2.24) is 15.0 Å². The molecule has 0 bridgehead atoms. The zero-order valence-electron chi connectivity index (χ0n) is 23.4. The lowest BCUT2D eigenvalue weighted by Crippen LogP contribution is -2.44. The number of aryl methyl sites for hydroxylation is 1. The molecule has 0 radical (unpaired) electrons. The number of carbonyl (C=O) groups is 2. The van der Waals surface area contributed by atoms with E-state index in [1.807, 2.05) is 42.5 Å². The number of nitrogens with one attached hydrogen (secondary N) is 1. The quantitative estimate of drug-likeness (QED) is 0.160. The first-order valence-corrected chi connectivity index (χ1v) is 13.9. The van der Waals surface area contributed by atoms with Crippen molar-refractivity contribution in [3.63, 3.8) is 0 Å². The summed E-state index contributed by atoms with van der Waals surface area (Å²) in [5, 5.41) is 32.1. The fraction of sp³-hybridized carbons (Fsp3) is 0.250. The van der Waals surface area contributed by atoms with Gasteiger partial charge in [0, 0.05) is 54.2 Å². The molecule has 5 rings (SSSR count). The molecule has 1 aromatic heterocycles. The van der Waals surface area contributed by atoms with E-state index in [9.17, 15) is 14.7 Å². The normalized spacial score (nSPS) is 17.0. The Morgan fingerprint density at radius 1 is 1.12 bits per heavy atom. The SMILES string of the molecule is C[C@H](/C=C/CCn1cc(CCO)nn1)[C@@]1(O)C(=O)N(Cc2ccccc2)c2ccc(NC(=O)c3ccc(N)cc3)cc21. The summed E-state index contributed by atoms with van der Waals surface area (Å²) in [5.74, 6) is -1.33. The lowest BCUT2D eigenvalue weighted by molar-refractivity contribution is -0.139. The van der Waals surface area contributed by atoms with Crippen molar-refractivity contribution in [1.29, 1.82) is 0 Å². The summed E-state index contributed by atoms with van der Waals surface area (Å²) >= 11 is 0. The van der Waals surface area contributed by atoms with E-state index in [-0.39, 0.29) is 12.5 Å². The molecule has 10 heteroatoms. The number of hydrogen-bond donors (Lipinski definition) is 4. The number of carbonyl (C=O) groups excluding carboxylic acids is 2. The Morgan fingerprint density at radius 2 is 1.88 bits per heavy atom. The summed E-state index contributed by atoms with van der Waals surface area (Å²) in [4.78, 5) is 28.4. The molecule has 0 aliphatic carbocycles. The number of hydrogen-bond acceptors (Lipinski definition) is 7. The summed E-state index contributed by atoms with van der Waals surface area (Å²) in [6.45, 7) is 2.67. The van der Waals surface area contributed by atoms with Gasteiger partial charge in [-0.05, 0) is 54.4 Å². The van der Waals surface area contributed by atoms with Crippen LogP contribution in [0, 0.1) is 5.92 Å². The average Bonchev–Trinajstić information content (AvgIpc) is 3.53. The summed E-state index contributed by atoms with van der Waals surface area (Å²) in [6, 6.07) is 21.4. The average molecular weight is 567 g/mol. The maximum Gasteiger partial charge on any atom is 0.264 e. The van der Waals surface area contributed by atoms with Gasteiger partial charge >= 0.3 is 0 Å². The largest absolute Gasteiger partial charge is 0.399 e. The smallest absolute Gasteiger partial charge is 0.264 e. The molecular weight excluding hydrogens is 532 g/mol. The van der Waals surface area contributed by atoms with Crippen molar-refractivity contribution >= 4 is 28.9 Å². The fourth-order valence-corrected chi connectivity index (χ4v) is 5.11. The lowest BCUT2D eigenvalue weighted by Gasteiger charge is -2.28. The van der Waals surface area contributed by atoms with Crippen LogP contribution < -0.4 is 16.0 Å². The van der Waals surface area contributed by atoms with Crippen LogP contribution in [-0.4, -0.2) is 43.6 Å². The molecule has 5 N–H and O–H groups in total. The highest BCUT2D eigenvalue weighted by Crippen LogP contribution is 2.47. The van der Waals surface area contributed by atoms with Gasteiger partial charge in [0.2, 0.25) is 0 Å². The minimum atomic E-state index is -1.84. The second kappa shape index (κ2) is 12.4. The second-order valence-corrected chi connectivity index (χ2v) is 10.4. The number of benzene rings is 3. The molecule has 216 valence electrons. The molecule has 0 saturated carbocycles. The van der Waals surface area contributed by atoms with Gasteiger partial charge in [-0.15, -0.1) is 5.10 Å². The Hall–Kier alpha value is -4.80. The van der Waals surface area contributed by atoms with Crippen LogP contribution in [0.3, 0.4) is 0 Å². The number of nitrogens with two attached hydrogens (primary N) is 1. The molecule has 0 spiro atoms. The molecule has 2 amide bonds. The van der Waals surface area contributed by atoms with E-state index < -0.39 is 17.4 Å². The first kappa shape index (κ1) is 28.7. The molecular formula is C32H34N6O4. The number of fused-ring (bicyclic) bond motifs is 1. The fourth-order valence-electron chi connectivity index (χ4n) is 5.11. The standard InChI is InChI=1S/C32H34N6O4/c1-22(7-5-6-17-37-21-27(16-18-39)35-36-37)32(42)28-19-26(34-30(40)24-10-12-25(33)13-11-24)14-15-29(28)38(31(32)41)20-23-8-3-2-4-9-23/h2-5,7-15,19,21-22,39,42H,6,16-18,20,33H2,1H3,(H,34,40)/b7-5+/t22-,32+/m1/s1. The number of allylic oxidation sites excluding steroid dienone is 1. The Balaban J connectivity index is 1.40. The number of nitrogen functional groups attached to an aromatic ring is 1. The van der Waals surface area contributed by atoms with Crippen LogP contribution in [0.15, 0.2) is 91.1 Å². The topological polar surface area (TPSA) is 147 Å². The van der Waals surface area contributed by atoms with Crippen molar-refractivity contribution in [3.05, 3.63) is 114 Å². The minimum Gasteiger partial charge on any atom is -0.399 e. The predicted molar refractivity (Wildman–Crippen MR) is 161 cm³/mol. The number of aliphatic hydroxyl groups excluding tert-OH is 1. The van der Waals surface area contributed by atoms with Crippen LogP contribution in [0.25, 0.3) is 0 Å². The van der Waals surface area contributed by atoms with Crippen LogP contribution in [0.1, 0.15) is 40.5 Å². The van der Waals surface area contributed by atoms with Gasteiger partial charge in [-0.2, -0.15) is 0 Å². The number of amides is 2. The highest BCUT2D eigenvalue weighted by Gasteiger charge is 2.52. The van der Waals surface area contributed by atoms with Gasteiger partial charge in [-0.1, -0.05) is 54.6 Å². The molecule has 42 heavy (non-hydrogen) atoms. The number of anilines is 3. The molecule has 2 heterocycles. The van der Waals surface area contributed by atoms with Gasteiger partial charge in [-0.3, -0.25) is 14.3 Å². The van der Waals surface area contributed by atoms with Crippen LogP contribution in [-0.2, 0) is 29.9 Å². The van der Waals surface area contributed by atoms with Gasteiger partial charge in [0.05, 0.1) is 17.9 Å². The third-order valence-electron chi connectivity index (χ3n) is 7.45. The second-order valence-electron chi connectivity index (χ2n) is 10.4. The van der Waals surface area contributed by atoms with E-state index in [0.717, 1.165) is 11.3 Å². The highest BCUT2D eigenvalue weighted by molar-refractivity contribution is 6.09. The van der Waals surface area contributed by atoms with E-state index in [2.05, 4.69) is 15.6 Å². The van der Waals surface area contributed by atoms with Gasteiger partial charge in [0.25, 0.3) is 11.8 Å². The van der Waals surface area contributed by atoms with Crippen LogP contribution >= 0.6 is 0 Å². The van der Waals surface area contributed by atoms with Crippen molar-refractivity contribution in [2.75, 3.05) is 22.6 Å². The van der Waals surface area contributed by atoms with Crippen molar-refractivity contribution in [2.45, 2.75) is 38.5 Å². The summed E-state index contributed by atoms with van der Waals surface area (Å²) in [7, 11) is 0. The summed E-state index contributed by atoms with van der Waals surface area (Å²) < 4.78 is 1.70.